The van der Waals surface area contributed by atoms with Crippen molar-refractivity contribution in [3.05, 3.63) is 75.3 Å². The van der Waals surface area contributed by atoms with Crippen LogP contribution in [-0.2, 0) is 9.59 Å². The van der Waals surface area contributed by atoms with Crippen LogP contribution in [0.4, 0.5) is 15.9 Å². The minimum atomic E-state index is -1.04. The van der Waals surface area contributed by atoms with E-state index in [1.807, 2.05) is 9.80 Å². The Bertz CT molecular complexity index is 1500. The molecule has 190 valence electrons. The number of carbonyl (C=O) groups is 2. The highest BCUT2D eigenvalue weighted by molar-refractivity contribution is 8.26. The van der Waals surface area contributed by atoms with Gasteiger partial charge in [-0.2, -0.15) is 0 Å². The fraction of sp³-hybridized carbons (Fsp3) is 0.240. The van der Waals surface area contributed by atoms with Crippen LogP contribution in [0.1, 0.15) is 12.0 Å². The van der Waals surface area contributed by atoms with E-state index in [1.54, 1.807) is 42.6 Å². The average Bonchev–Trinajstić information content (AvgIpc) is 3.16. The molecule has 0 radical (unpaired) electrons. The quantitative estimate of drug-likeness (QED) is 0.375. The molecule has 3 aromatic rings. The number of para-hydroxylation sites is 1. The lowest BCUT2D eigenvalue weighted by Gasteiger charge is -2.37. The Morgan fingerprint density at radius 1 is 1.08 bits per heavy atom. The smallest absolute Gasteiger partial charge is 0.305 e. The highest BCUT2D eigenvalue weighted by Crippen LogP contribution is 2.34. The van der Waals surface area contributed by atoms with Crippen molar-refractivity contribution in [2.45, 2.75) is 6.42 Å². The second-order valence-electron chi connectivity index (χ2n) is 8.49. The molecule has 0 saturated carbocycles. The van der Waals surface area contributed by atoms with Gasteiger partial charge in [0, 0.05) is 38.9 Å². The molecule has 1 aromatic carbocycles. The number of hydrogen-bond donors (Lipinski definition) is 1. The summed E-state index contributed by atoms with van der Waals surface area (Å²) in [7, 11) is 0. The van der Waals surface area contributed by atoms with Crippen molar-refractivity contribution in [2.24, 2.45) is 0 Å². The zero-order valence-electron chi connectivity index (χ0n) is 19.5. The summed E-state index contributed by atoms with van der Waals surface area (Å²) in [6, 6.07) is 11.9. The molecule has 1 amide bonds. The number of benzene rings is 1. The Morgan fingerprint density at radius 3 is 2.51 bits per heavy atom. The first-order valence-corrected chi connectivity index (χ1v) is 12.8. The maximum atomic E-state index is 14.3. The van der Waals surface area contributed by atoms with Crippen LogP contribution in [0.5, 0.6) is 0 Å². The van der Waals surface area contributed by atoms with Gasteiger partial charge in [0.1, 0.15) is 21.6 Å². The Kier molecular flexibility index (Phi) is 6.94. The number of fused-ring (bicyclic) bond motifs is 1. The molecular weight excluding hydrogens is 517 g/mol. The first-order chi connectivity index (χ1) is 17.8. The van der Waals surface area contributed by atoms with Crippen molar-refractivity contribution in [3.8, 4) is 0 Å². The Labute approximate surface area is 220 Å². The van der Waals surface area contributed by atoms with Gasteiger partial charge in [-0.05, 0) is 30.3 Å². The Hall–Kier alpha value is -3.77. The SMILES string of the molecule is O=C(O)CCN1C(=O)C(=Cc2c(N3CCN(c4ccccc4F)CC3)nc3ccccn3c2=O)SC1=S. The number of aromatic nitrogens is 2. The summed E-state index contributed by atoms with van der Waals surface area (Å²) in [6.45, 7) is 1.98. The van der Waals surface area contributed by atoms with E-state index in [0.717, 1.165) is 11.8 Å². The number of carboxylic acid groups (broad SMARTS) is 1. The molecule has 5 rings (SSSR count). The standard InChI is InChI=1S/C25H22FN5O4S2/c26-17-5-1-2-6-18(17)28-11-13-29(14-12-28)22-16(23(34)30-9-4-3-7-20(30)27-22)15-19-24(35)31(25(36)37-19)10-8-21(32)33/h1-7,9,15H,8,10-14H2,(H,32,33). The van der Waals surface area contributed by atoms with E-state index in [1.165, 1.54) is 21.4 Å². The summed E-state index contributed by atoms with van der Waals surface area (Å²) in [4.78, 5) is 47.6. The molecule has 1 N–H and O–H groups in total. The van der Waals surface area contributed by atoms with Gasteiger partial charge < -0.3 is 14.9 Å². The lowest BCUT2D eigenvalue weighted by Crippen LogP contribution is -2.47. The molecule has 0 spiro atoms. The van der Waals surface area contributed by atoms with Crippen LogP contribution in [0.15, 0.2) is 58.4 Å². The van der Waals surface area contributed by atoms with Gasteiger partial charge in [-0.1, -0.05) is 42.2 Å². The number of anilines is 2. The molecule has 12 heteroatoms. The lowest BCUT2D eigenvalue weighted by molar-refractivity contribution is -0.137. The Morgan fingerprint density at radius 2 is 1.78 bits per heavy atom. The number of halogens is 1. The second-order valence-corrected chi connectivity index (χ2v) is 10.2. The van der Waals surface area contributed by atoms with E-state index < -0.39 is 11.9 Å². The summed E-state index contributed by atoms with van der Waals surface area (Å²) in [5, 5.41) is 8.99. The molecule has 4 heterocycles. The third-order valence-corrected chi connectivity index (χ3v) is 7.60. The van der Waals surface area contributed by atoms with E-state index in [9.17, 15) is 18.8 Å². The number of piperazine rings is 1. The maximum absolute atomic E-state index is 14.3. The van der Waals surface area contributed by atoms with Crippen LogP contribution >= 0.6 is 24.0 Å². The van der Waals surface area contributed by atoms with Gasteiger partial charge in [0.2, 0.25) is 0 Å². The maximum Gasteiger partial charge on any atom is 0.305 e. The molecule has 37 heavy (non-hydrogen) atoms. The number of amides is 1. The predicted molar refractivity (Wildman–Crippen MR) is 144 cm³/mol. The minimum Gasteiger partial charge on any atom is -0.481 e. The summed E-state index contributed by atoms with van der Waals surface area (Å²) >= 11 is 6.32. The number of carboxylic acids is 1. The van der Waals surface area contributed by atoms with Crippen LogP contribution in [0, 0.1) is 5.82 Å². The molecule has 2 aliphatic rings. The average molecular weight is 540 g/mol. The van der Waals surface area contributed by atoms with Crippen molar-refractivity contribution in [1.82, 2.24) is 14.3 Å². The van der Waals surface area contributed by atoms with Gasteiger partial charge in [-0.15, -0.1) is 0 Å². The van der Waals surface area contributed by atoms with Gasteiger partial charge in [0.25, 0.3) is 11.5 Å². The van der Waals surface area contributed by atoms with E-state index in [-0.39, 0.29) is 39.1 Å². The van der Waals surface area contributed by atoms with Crippen molar-refractivity contribution >= 4 is 63.4 Å². The molecule has 0 aliphatic carbocycles. The van der Waals surface area contributed by atoms with E-state index >= 15 is 0 Å². The molecule has 2 aromatic heterocycles. The predicted octanol–water partition coefficient (Wildman–Crippen LogP) is 2.84. The topological polar surface area (TPSA) is 98.5 Å². The number of thiocarbonyl (C=S) groups is 1. The summed E-state index contributed by atoms with van der Waals surface area (Å²) in [5.74, 6) is -1.33. The molecular formula is C25H22FN5O4S2. The first-order valence-electron chi connectivity index (χ1n) is 11.6. The largest absolute Gasteiger partial charge is 0.481 e. The Balaban J connectivity index is 1.49. The molecule has 0 bridgehead atoms. The van der Waals surface area contributed by atoms with Crippen LogP contribution < -0.4 is 15.4 Å². The number of carbonyl (C=O) groups excluding carboxylic acids is 1. The molecule has 0 unspecified atom stereocenters. The number of rotatable bonds is 6. The fourth-order valence-electron chi connectivity index (χ4n) is 4.36. The monoisotopic (exact) mass is 539 g/mol. The number of hydrogen-bond acceptors (Lipinski definition) is 8. The summed E-state index contributed by atoms with van der Waals surface area (Å²) in [6.07, 6.45) is 2.87. The van der Waals surface area contributed by atoms with Crippen LogP contribution in [-0.4, -0.2) is 68.3 Å². The molecule has 2 saturated heterocycles. The second kappa shape index (κ2) is 10.3. The number of nitrogens with zero attached hydrogens (tertiary/aromatic N) is 5. The van der Waals surface area contributed by atoms with Crippen LogP contribution in [0.3, 0.4) is 0 Å². The van der Waals surface area contributed by atoms with Gasteiger partial charge in [0.15, 0.2) is 0 Å². The lowest BCUT2D eigenvalue weighted by atomic mass is 10.2. The van der Waals surface area contributed by atoms with Crippen molar-refractivity contribution in [3.63, 3.8) is 0 Å². The zero-order chi connectivity index (χ0) is 26.1. The molecule has 9 nitrogen and oxygen atoms in total. The summed E-state index contributed by atoms with van der Waals surface area (Å²) < 4.78 is 16.0. The fourth-order valence-corrected chi connectivity index (χ4v) is 5.65. The zero-order valence-corrected chi connectivity index (χ0v) is 21.2. The highest BCUT2D eigenvalue weighted by Gasteiger charge is 2.33. The van der Waals surface area contributed by atoms with Crippen LogP contribution in [0.25, 0.3) is 11.7 Å². The van der Waals surface area contributed by atoms with Gasteiger partial charge in [0.05, 0.1) is 22.6 Å². The van der Waals surface area contributed by atoms with Crippen molar-refractivity contribution in [2.75, 3.05) is 42.5 Å². The number of aliphatic carboxylic acids is 1. The summed E-state index contributed by atoms with van der Waals surface area (Å²) in [5.41, 5.74) is 0.888. The van der Waals surface area contributed by atoms with Crippen LogP contribution in [0.2, 0.25) is 0 Å². The van der Waals surface area contributed by atoms with Gasteiger partial charge in [-0.25, -0.2) is 9.37 Å². The van der Waals surface area contributed by atoms with E-state index in [4.69, 9.17) is 22.3 Å². The van der Waals surface area contributed by atoms with Crippen molar-refractivity contribution in [1.29, 1.82) is 0 Å². The third kappa shape index (κ3) is 4.94. The van der Waals surface area contributed by atoms with Gasteiger partial charge >= 0.3 is 5.97 Å². The molecule has 2 aliphatic heterocycles. The minimum absolute atomic E-state index is 0.0445. The highest BCUT2D eigenvalue weighted by atomic mass is 32.2. The normalized spacial score (nSPS) is 17.3. The third-order valence-electron chi connectivity index (χ3n) is 6.22. The van der Waals surface area contributed by atoms with E-state index in [0.29, 0.717) is 43.3 Å². The molecule has 2 fully saturated rings. The van der Waals surface area contributed by atoms with Gasteiger partial charge in [-0.3, -0.25) is 23.7 Å². The van der Waals surface area contributed by atoms with E-state index in [2.05, 4.69) is 0 Å². The first kappa shape index (κ1) is 24.9. The number of pyridine rings is 1. The molecule has 0 atom stereocenters. The number of thioether (sulfide) groups is 1. The van der Waals surface area contributed by atoms with Crippen molar-refractivity contribution < 1.29 is 19.1 Å².